The van der Waals surface area contributed by atoms with Crippen LogP contribution in [0.1, 0.15) is 18.0 Å². The Morgan fingerprint density at radius 2 is 1.92 bits per heavy atom. The van der Waals surface area contributed by atoms with Crippen LogP contribution in [0.15, 0.2) is 67.5 Å². The molecular formula is C27H30N6O4. The average molecular weight is 503 g/mol. The van der Waals surface area contributed by atoms with Gasteiger partial charge in [-0.1, -0.05) is 36.9 Å². The number of rotatable bonds is 8. The van der Waals surface area contributed by atoms with Crippen LogP contribution in [0.4, 0.5) is 28.7 Å². The van der Waals surface area contributed by atoms with Crippen molar-refractivity contribution in [1.29, 1.82) is 0 Å². The number of benzene rings is 2. The second kappa shape index (κ2) is 11.3. The first kappa shape index (κ1) is 24.5. The molecule has 0 radical (unpaired) electrons. The van der Waals surface area contributed by atoms with E-state index in [0.29, 0.717) is 61.7 Å². The Morgan fingerprint density at radius 3 is 2.68 bits per heavy atom. The first-order valence-corrected chi connectivity index (χ1v) is 12.2. The SMILES string of the molecule is C=CC(=O)Nc1cc(Nc2cc(N3OCCC3c3ccccc3)ncn2)c(OC)cc1N1CCOCC1. The molecule has 192 valence electrons. The topological polar surface area (TPSA) is 101 Å². The molecule has 1 unspecified atom stereocenters. The summed E-state index contributed by atoms with van der Waals surface area (Å²) in [5.74, 6) is 1.52. The standard InChI is InChI=1S/C27H30N6O4/c1-3-27(34)31-20-15-21(24(35-2)16-23(20)32-10-13-36-14-11-32)30-25-17-26(29-18-28-25)33-22(9-12-37-33)19-7-5-4-6-8-19/h3-8,15-18,22H,1,9-14H2,2H3,(H,31,34)(H,28,29,30). The van der Waals surface area contributed by atoms with Gasteiger partial charge < -0.3 is 25.0 Å². The molecule has 2 aromatic carbocycles. The van der Waals surface area contributed by atoms with Crippen molar-refractivity contribution in [1.82, 2.24) is 9.97 Å². The third-order valence-electron chi connectivity index (χ3n) is 6.34. The summed E-state index contributed by atoms with van der Waals surface area (Å²) in [5.41, 5.74) is 3.29. The van der Waals surface area contributed by atoms with Gasteiger partial charge in [-0.15, -0.1) is 0 Å². The van der Waals surface area contributed by atoms with Crippen molar-refractivity contribution >= 4 is 34.6 Å². The fraction of sp³-hybridized carbons (Fsp3) is 0.296. The molecule has 3 aromatic rings. The lowest BCUT2D eigenvalue weighted by Crippen LogP contribution is -2.36. The van der Waals surface area contributed by atoms with Crippen LogP contribution in [-0.4, -0.2) is 55.9 Å². The van der Waals surface area contributed by atoms with E-state index in [9.17, 15) is 4.79 Å². The first-order valence-electron chi connectivity index (χ1n) is 12.2. The number of carbonyl (C=O) groups is 1. The van der Waals surface area contributed by atoms with E-state index in [1.54, 1.807) is 7.11 Å². The molecule has 2 aliphatic heterocycles. The number of anilines is 5. The van der Waals surface area contributed by atoms with Crippen LogP contribution in [0.3, 0.4) is 0 Å². The Kier molecular flexibility index (Phi) is 7.48. The number of hydroxylamine groups is 1. The minimum Gasteiger partial charge on any atom is -0.494 e. The fourth-order valence-electron chi connectivity index (χ4n) is 4.53. The molecule has 0 spiro atoms. The van der Waals surface area contributed by atoms with Crippen LogP contribution >= 0.6 is 0 Å². The van der Waals surface area contributed by atoms with Crippen LogP contribution in [0, 0.1) is 0 Å². The summed E-state index contributed by atoms with van der Waals surface area (Å²) < 4.78 is 11.2. The highest BCUT2D eigenvalue weighted by Crippen LogP contribution is 2.39. The Morgan fingerprint density at radius 1 is 1.11 bits per heavy atom. The highest BCUT2D eigenvalue weighted by atomic mass is 16.7. The van der Waals surface area contributed by atoms with Crippen LogP contribution in [-0.2, 0) is 14.4 Å². The first-order chi connectivity index (χ1) is 18.2. The summed E-state index contributed by atoms with van der Waals surface area (Å²) in [7, 11) is 1.61. The molecule has 10 heteroatoms. The Labute approximate surface area is 215 Å². The molecule has 37 heavy (non-hydrogen) atoms. The van der Waals surface area contributed by atoms with Gasteiger partial charge in [-0.3, -0.25) is 9.63 Å². The van der Waals surface area contributed by atoms with Gasteiger partial charge in [0.05, 0.1) is 50.0 Å². The number of methoxy groups -OCH3 is 1. The Balaban J connectivity index is 1.44. The second-order valence-electron chi connectivity index (χ2n) is 8.62. The molecule has 0 bridgehead atoms. The van der Waals surface area contributed by atoms with Gasteiger partial charge in [-0.25, -0.2) is 15.0 Å². The second-order valence-corrected chi connectivity index (χ2v) is 8.62. The van der Waals surface area contributed by atoms with E-state index in [2.05, 4.69) is 44.2 Å². The fourth-order valence-corrected chi connectivity index (χ4v) is 4.53. The van der Waals surface area contributed by atoms with Gasteiger partial charge in [-0.05, 0) is 17.7 Å². The number of ether oxygens (including phenoxy) is 2. The van der Waals surface area contributed by atoms with Crippen molar-refractivity contribution in [3.8, 4) is 5.75 Å². The summed E-state index contributed by atoms with van der Waals surface area (Å²) in [6.07, 6.45) is 3.60. The molecule has 2 N–H and O–H groups in total. The zero-order valence-corrected chi connectivity index (χ0v) is 20.7. The quantitative estimate of drug-likeness (QED) is 0.441. The monoisotopic (exact) mass is 502 g/mol. The predicted molar refractivity (Wildman–Crippen MR) is 142 cm³/mol. The number of hydrogen-bond donors (Lipinski definition) is 2. The number of amides is 1. The van der Waals surface area contributed by atoms with Gasteiger partial charge in [0.25, 0.3) is 0 Å². The third-order valence-corrected chi connectivity index (χ3v) is 6.34. The normalized spacial score (nSPS) is 17.4. The number of nitrogens with one attached hydrogen (secondary N) is 2. The zero-order valence-electron chi connectivity index (χ0n) is 20.7. The molecule has 2 aliphatic rings. The summed E-state index contributed by atoms with van der Waals surface area (Å²) in [6.45, 7) is 6.83. The highest BCUT2D eigenvalue weighted by Gasteiger charge is 2.29. The molecule has 10 nitrogen and oxygen atoms in total. The van der Waals surface area contributed by atoms with Gasteiger partial charge in [0.1, 0.15) is 17.9 Å². The maximum atomic E-state index is 12.2. The third kappa shape index (κ3) is 5.50. The lowest BCUT2D eigenvalue weighted by molar-refractivity contribution is -0.111. The summed E-state index contributed by atoms with van der Waals surface area (Å²) in [5, 5.41) is 8.07. The lowest BCUT2D eigenvalue weighted by atomic mass is 10.0. The molecule has 2 saturated heterocycles. The van der Waals surface area contributed by atoms with Crippen molar-refractivity contribution in [3.05, 3.63) is 73.1 Å². The number of hydrogen-bond acceptors (Lipinski definition) is 9. The maximum Gasteiger partial charge on any atom is 0.247 e. The number of aromatic nitrogens is 2. The van der Waals surface area contributed by atoms with Gasteiger partial charge in [-0.2, -0.15) is 0 Å². The summed E-state index contributed by atoms with van der Waals surface area (Å²) in [4.78, 5) is 29.2. The van der Waals surface area contributed by atoms with E-state index < -0.39 is 0 Å². The molecular weight excluding hydrogens is 472 g/mol. The van der Waals surface area contributed by atoms with E-state index in [1.807, 2.05) is 41.5 Å². The number of morpholine rings is 1. The Bertz CT molecular complexity index is 1250. The van der Waals surface area contributed by atoms with Gasteiger partial charge in [0.2, 0.25) is 5.91 Å². The molecule has 1 aromatic heterocycles. The van der Waals surface area contributed by atoms with Crippen LogP contribution < -0.4 is 25.3 Å². The van der Waals surface area contributed by atoms with E-state index >= 15 is 0 Å². The van der Waals surface area contributed by atoms with E-state index in [1.165, 1.54) is 12.4 Å². The number of carbonyl (C=O) groups excluding carboxylic acids is 1. The van der Waals surface area contributed by atoms with Crippen molar-refractivity contribution in [2.24, 2.45) is 0 Å². The number of nitrogens with zero attached hydrogens (tertiary/aromatic N) is 4. The Hall–Kier alpha value is -4.15. The van der Waals surface area contributed by atoms with Crippen LogP contribution in [0.25, 0.3) is 0 Å². The minimum atomic E-state index is -0.298. The van der Waals surface area contributed by atoms with Crippen molar-refractivity contribution in [3.63, 3.8) is 0 Å². The molecule has 5 rings (SSSR count). The van der Waals surface area contributed by atoms with Crippen molar-refractivity contribution in [2.75, 3.05) is 60.6 Å². The molecule has 1 atom stereocenters. The van der Waals surface area contributed by atoms with Crippen molar-refractivity contribution in [2.45, 2.75) is 12.5 Å². The average Bonchev–Trinajstić information content (AvgIpc) is 3.44. The molecule has 0 aliphatic carbocycles. The lowest BCUT2D eigenvalue weighted by Gasteiger charge is -2.31. The van der Waals surface area contributed by atoms with Gasteiger partial charge >= 0.3 is 0 Å². The van der Waals surface area contributed by atoms with E-state index in [-0.39, 0.29) is 11.9 Å². The highest BCUT2D eigenvalue weighted by molar-refractivity contribution is 6.02. The van der Waals surface area contributed by atoms with Gasteiger partial charge in [0, 0.05) is 31.6 Å². The molecule has 3 heterocycles. The van der Waals surface area contributed by atoms with Crippen LogP contribution in [0.5, 0.6) is 5.75 Å². The maximum absolute atomic E-state index is 12.2. The summed E-state index contributed by atoms with van der Waals surface area (Å²) in [6, 6.07) is 15.9. The summed E-state index contributed by atoms with van der Waals surface area (Å²) >= 11 is 0. The smallest absolute Gasteiger partial charge is 0.247 e. The largest absolute Gasteiger partial charge is 0.494 e. The van der Waals surface area contributed by atoms with E-state index in [0.717, 1.165) is 17.7 Å². The molecule has 1 amide bonds. The molecule has 0 saturated carbocycles. The molecule has 2 fully saturated rings. The van der Waals surface area contributed by atoms with E-state index in [4.69, 9.17) is 14.3 Å². The minimum absolute atomic E-state index is 0.0620. The zero-order chi connectivity index (χ0) is 25.6. The van der Waals surface area contributed by atoms with Gasteiger partial charge in [0.15, 0.2) is 5.82 Å². The van der Waals surface area contributed by atoms with Crippen molar-refractivity contribution < 1.29 is 19.1 Å². The van der Waals surface area contributed by atoms with Crippen LogP contribution in [0.2, 0.25) is 0 Å². The predicted octanol–water partition coefficient (Wildman–Crippen LogP) is 4.07.